The molecule has 2 heterocycles. The van der Waals surface area contributed by atoms with Crippen molar-refractivity contribution in [1.82, 2.24) is 9.97 Å². The first kappa shape index (κ1) is 20.9. The summed E-state index contributed by atoms with van der Waals surface area (Å²) in [5.74, 6) is -1.14. The number of carboxylic acid groups (broad SMARTS) is 1. The van der Waals surface area contributed by atoms with Crippen LogP contribution in [0.25, 0.3) is 0 Å². The maximum absolute atomic E-state index is 11.7. The third-order valence-corrected chi connectivity index (χ3v) is 7.24. The minimum Gasteiger partial charge on any atom is -0.481 e. The molecule has 4 rings (SSSR count). The zero-order valence-electron chi connectivity index (χ0n) is 16.5. The molecule has 2 atom stereocenters. The standard InChI is InChI=1S/C11H15NO2S.C9H11NO2S/c1-3-14-11(13)8-5-4-6-9-10(8)15-7(2)12-9;1-5-10-7-4-2-3-6(9(11)12)8(7)13-5/h8H,3-6H2,1-2H3;6H,2-4H2,1H3,(H,11,12). The van der Waals surface area contributed by atoms with Crippen LogP contribution in [-0.4, -0.2) is 33.6 Å². The second-order valence-corrected chi connectivity index (χ2v) is 9.54. The molecule has 0 radical (unpaired) electrons. The number of carbonyl (C=O) groups is 2. The summed E-state index contributed by atoms with van der Waals surface area (Å²) in [7, 11) is 0. The quantitative estimate of drug-likeness (QED) is 0.738. The molecule has 0 aliphatic heterocycles. The molecule has 0 amide bonds. The highest BCUT2D eigenvalue weighted by molar-refractivity contribution is 7.12. The fourth-order valence-electron chi connectivity index (χ4n) is 3.79. The van der Waals surface area contributed by atoms with Gasteiger partial charge in [-0.25, -0.2) is 9.97 Å². The third-order valence-electron chi connectivity index (χ3n) is 4.98. The number of carbonyl (C=O) groups excluding carboxylic acids is 1. The normalized spacial score (nSPS) is 20.4. The summed E-state index contributed by atoms with van der Waals surface area (Å²) in [6.45, 7) is 6.23. The van der Waals surface area contributed by atoms with Crippen LogP contribution < -0.4 is 0 Å². The molecule has 152 valence electrons. The molecule has 0 aromatic carbocycles. The molecule has 0 fully saturated rings. The SMILES string of the molecule is CCOC(=O)C1CCCc2nc(C)sc21.Cc1nc2c(s1)C(C(=O)O)CCC2. The molecule has 2 aromatic rings. The number of esters is 1. The molecule has 0 saturated carbocycles. The van der Waals surface area contributed by atoms with Crippen molar-refractivity contribution in [3.05, 3.63) is 31.2 Å². The molecule has 8 heteroatoms. The summed E-state index contributed by atoms with van der Waals surface area (Å²) in [5, 5.41) is 11.0. The van der Waals surface area contributed by atoms with E-state index in [1.165, 1.54) is 11.3 Å². The Morgan fingerprint density at radius 1 is 1.00 bits per heavy atom. The molecular formula is C20H26N2O4S2. The predicted molar refractivity (Wildman–Crippen MR) is 109 cm³/mol. The van der Waals surface area contributed by atoms with Crippen LogP contribution in [0.15, 0.2) is 0 Å². The lowest BCUT2D eigenvalue weighted by molar-refractivity contribution is -0.145. The van der Waals surface area contributed by atoms with Crippen molar-refractivity contribution in [3.8, 4) is 0 Å². The van der Waals surface area contributed by atoms with Crippen molar-refractivity contribution < 1.29 is 19.4 Å². The van der Waals surface area contributed by atoms with Crippen LogP contribution in [0.4, 0.5) is 0 Å². The number of aliphatic carboxylic acids is 1. The van der Waals surface area contributed by atoms with Gasteiger partial charge in [0, 0.05) is 9.75 Å². The maximum Gasteiger partial charge on any atom is 0.314 e. The molecule has 0 spiro atoms. The van der Waals surface area contributed by atoms with Crippen LogP contribution in [0.1, 0.15) is 75.6 Å². The minimum absolute atomic E-state index is 0.0556. The first-order valence-electron chi connectivity index (χ1n) is 9.72. The van der Waals surface area contributed by atoms with Crippen LogP contribution in [0.3, 0.4) is 0 Å². The first-order valence-corrected chi connectivity index (χ1v) is 11.4. The highest BCUT2D eigenvalue weighted by atomic mass is 32.1. The van der Waals surface area contributed by atoms with E-state index < -0.39 is 5.97 Å². The summed E-state index contributed by atoms with van der Waals surface area (Å²) in [5.41, 5.74) is 2.13. The molecular weight excluding hydrogens is 396 g/mol. The molecule has 28 heavy (non-hydrogen) atoms. The van der Waals surface area contributed by atoms with E-state index in [0.29, 0.717) is 6.61 Å². The summed E-state index contributed by atoms with van der Waals surface area (Å²) in [6, 6.07) is 0. The second-order valence-electron chi connectivity index (χ2n) is 7.07. The number of ether oxygens (including phenoxy) is 1. The number of hydrogen-bond donors (Lipinski definition) is 1. The molecule has 6 nitrogen and oxygen atoms in total. The van der Waals surface area contributed by atoms with Crippen molar-refractivity contribution in [2.45, 2.75) is 71.1 Å². The van der Waals surface area contributed by atoms with E-state index in [2.05, 4.69) is 9.97 Å². The Labute approximate surface area is 173 Å². The van der Waals surface area contributed by atoms with Crippen molar-refractivity contribution in [2.75, 3.05) is 6.61 Å². The summed E-state index contributed by atoms with van der Waals surface area (Å²) < 4.78 is 5.09. The fraction of sp³-hybridized carbons (Fsp3) is 0.600. The zero-order valence-corrected chi connectivity index (χ0v) is 18.1. The Hall–Kier alpha value is -1.80. The minimum atomic E-state index is -0.704. The van der Waals surface area contributed by atoms with Crippen molar-refractivity contribution >= 4 is 34.6 Å². The van der Waals surface area contributed by atoms with E-state index in [0.717, 1.165) is 69.7 Å². The summed E-state index contributed by atoms with van der Waals surface area (Å²) in [6.07, 6.45) is 5.63. The molecule has 2 aliphatic rings. The fourth-order valence-corrected chi connectivity index (χ4v) is 5.98. The smallest absolute Gasteiger partial charge is 0.314 e. The number of carboxylic acids is 1. The summed E-state index contributed by atoms with van der Waals surface area (Å²) >= 11 is 3.18. The van der Waals surface area contributed by atoms with Gasteiger partial charge in [0.25, 0.3) is 0 Å². The van der Waals surface area contributed by atoms with Gasteiger partial charge in [-0.05, 0) is 59.3 Å². The highest BCUT2D eigenvalue weighted by Crippen LogP contribution is 2.37. The van der Waals surface area contributed by atoms with E-state index in [-0.39, 0.29) is 17.8 Å². The van der Waals surface area contributed by atoms with Crippen molar-refractivity contribution in [3.63, 3.8) is 0 Å². The van der Waals surface area contributed by atoms with Crippen molar-refractivity contribution in [1.29, 1.82) is 0 Å². The zero-order chi connectivity index (χ0) is 20.3. The Kier molecular flexibility index (Phi) is 6.82. The number of nitrogens with zero attached hydrogens (tertiary/aromatic N) is 2. The summed E-state index contributed by atoms with van der Waals surface area (Å²) in [4.78, 5) is 33.5. The number of fused-ring (bicyclic) bond motifs is 2. The molecule has 2 unspecified atom stereocenters. The predicted octanol–water partition coefficient (Wildman–Crippen LogP) is 4.39. The van der Waals surface area contributed by atoms with Crippen LogP contribution in [0, 0.1) is 13.8 Å². The van der Waals surface area contributed by atoms with Crippen molar-refractivity contribution in [2.24, 2.45) is 0 Å². The van der Waals surface area contributed by atoms with Gasteiger partial charge in [-0.15, -0.1) is 22.7 Å². The second kappa shape index (κ2) is 9.13. The lowest BCUT2D eigenvalue weighted by atomic mass is 9.92. The van der Waals surface area contributed by atoms with Crippen LogP contribution in [0.5, 0.6) is 0 Å². The average Bonchev–Trinajstić information content (AvgIpc) is 3.22. The Morgan fingerprint density at radius 2 is 1.50 bits per heavy atom. The van der Waals surface area contributed by atoms with Gasteiger partial charge in [-0.2, -0.15) is 0 Å². The van der Waals surface area contributed by atoms with Gasteiger partial charge < -0.3 is 9.84 Å². The highest BCUT2D eigenvalue weighted by Gasteiger charge is 2.30. The topological polar surface area (TPSA) is 89.4 Å². The number of rotatable bonds is 3. The maximum atomic E-state index is 11.7. The monoisotopic (exact) mass is 422 g/mol. The number of aryl methyl sites for hydroxylation is 4. The van der Waals surface area contributed by atoms with Gasteiger partial charge in [0.1, 0.15) is 0 Å². The van der Waals surface area contributed by atoms with Crippen LogP contribution in [-0.2, 0) is 27.2 Å². The number of hydrogen-bond acceptors (Lipinski definition) is 7. The van der Waals surface area contributed by atoms with E-state index in [1.807, 2.05) is 20.8 Å². The van der Waals surface area contributed by atoms with Crippen LogP contribution >= 0.6 is 22.7 Å². The number of thiazole rings is 2. The van der Waals surface area contributed by atoms with E-state index >= 15 is 0 Å². The van der Waals surface area contributed by atoms with Gasteiger partial charge in [0.05, 0.1) is 39.8 Å². The van der Waals surface area contributed by atoms with Gasteiger partial charge >= 0.3 is 11.9 Å². The molecule has 2 aromatic heterocycles. The third kappa shape index (κ3) is 4.60. The van der Waals surface area contributed by atoms with E-state index in [4.69, 9.17) is 9.84 Å². The lowest BCUT2D eigenvalue weighted by Gasteiger charge is -2.19. The molecule has 0 saturated heterocycles. The molecule has 0 bridgehead atoms. The Balaban J connectivity index is 0.000000162. The van der Waals surface area contributed by atoms with E-state index in [9.17, 15) is 9.59 Å². The Morgan fingerprint density at radius 3 is 2.00 bits per heavy atom. The first-order chi connectivity index (χ1) is 13.4. The number of aromatic nitrogens is 2. The average molecular weight is 423 g/mol. The van der Waals surface area contributed by atoms with Gasteiger partial charge in [-0.1, -0.05) is 0 Å². The van der Waals surface area contributed by atoms with E-state index in [1.54, 1.807) is 11.3 Å². The lowest BCUT2D eigenvalue weighted by Crippen LogP contribution is -2.19. The molecule has 2 aliphatic carbocycles. The van der Waals surface area contributed by atoms with Crippen LogP contribution in [0.2, 0.25) is 0 Å². The molecule has 1 N–H and O–H groups in total. The van der Waals surface area contributed by atoms with Gasteiger partial charge in [0.15, 0.2) is 0 Å². The largest absolute Gasteiger partial charge is 0.481 e. The van der Waals surface area contributed by atoms with Gasteiger partial charge in [0.2, 0.25) is 0 Å². The van der Waals surface area contributed by atoms with Gasteiger partial charge in [-0.3, -0.25) is 9.59 Å². The Bertz CT molecular complexity index is 859.